The van der Waals surface area contributed by atoms with Crippen LogP contribution >= 0.6 is 27.3 Å². The summed E-state index contributed by atoms with van der Waals surface area (Å²) < 4.78 is 23.6. The lowest BCUT2D eigenvalue weighted by Gasteiger charge is -2.26. The van der Waals surface area contributed by atoms with Gasteiger partial charge >= 0.3 is 5.97 Å². The van der Waals surface area contributed by atoms with Crippen LogP contribution in [-0.4, -0.2) is 54.4 Å². The number of sulfone groups is 1. The molecule has 0 spiro atoms. The van der Waals surface area contributed by atoms with Gasteiger partial charge < -0.3 is 10.0 Å². The van der Waals surface area contributed by atoms with Gasteiger partial charge in [-0.25, -0.2) is 8.42 Å². The minimum atomic E-state index is -3.18. The Morgan fingerprint density at radius 1 is 1.50 bits per heavy atom. The number of carbonyl (C=O) groups excluding carboxylic acids is 1. The summed E-state index contributed by atoms with van der Waals surface area (Å²) in [6.45, 7) is -0.497. The average Bonchev–Trinajstić information content (AvgIpc) is 2.91. The number of hydrogen-bond donors (Lipinski definition) is 1. The first-order valence-corrected chi connectivity index (χ1v) is 9.26. The first-order chi connectivity index (χ1) is 9.30. The third-order valence-corrected chi connectivity index (χ3v) is 6.60. The fraction of sp³-hybridized carbons (Fsp3) is 0.455. The molecule has 1 aliphatic rings. The molecule has 1 aliphatic heterocycles. The minimum Gasteiger partial charge on any atom is -0.480 e. The second kappa shape index (κ2) is 5.82. The monoisotopic (exact) mass is 381 g/mol. The average molecular weight is 382 g/mol. The highest BCUT2D eigenvalue weighted by atomic mass is 79.9. The lowest BCUT2D eigenvalue weighted by Crippen LogP contribution is -2.44. The molecule has 1 aromatic heterocycles. The number of hydrogen-bond acceptors (Lipinski definition) is 5. The molecule has 0 saturated carbocycles. The van der Waals surface area contributed by atoms with Crippen molar-refractivity contribution >= 4 is 49.0 Å². The molecular formula is C11H12BrNO5S2. The molecule has 6 nitrogen and oxygen atoms in total. The Morgan fingerprint density at radius 2 is 2.20 bits per heavy atom. The van der Waals surface area contributed by atoms with Crippen molar-refractivity contribution in [2.24, 2.45) is 0 Å². The normalized spacial score (nSPS) is 20.8. The minimum absolute atomic E-state index is 0.00727. The zero-order chi connectivity index (χ0) is 14.9. The quantitative estimate of drug-likeness (QED) is 0.846. The highest BCUT2D eigenvalue weighted by molar-refractivity contribution is 9.10. The van der Waals surface area contributed by atoms with Gasteiger partial charge in [0, 0.05) is 10.5 Å². The van der Waals surface area contributed by atoms with Crippen LogP contribution in [0.2, 0.25) is 0 Å². The smallest absolute Gasteiger partial charge is 0.323 e. The first kappa shape index (κ1) is 15.5. The summed E-state index contributed by atoms with van der Waals surface area (Å²) >= 11 is 4.42. The summed E-state index contributed by atoms with van der Waals surface area (Å²) in [7, 11) is -3.18. The summed E-state index contributed by atoms with van der Waals surface area (Å²) in [4.78, 5) is 24.9. The van der Waals surface area contributed by atoms with E-state index in [-0.39, 0.29) is 17.9 Å². The van der Waals surface area contributed by atoms with Crippen molar-refractivity contribution in [2.75, 3.05) is 18.1 Å². The van der Waals surface area contributed by atoms with Gasteiger partial charge in [-0.2, -0.15) is 0 Å². The van der Waals surface area contributed by atoms with Crippen molar-refractivity contribution in [3.05, 3.63) is 20.8 Å². The molecule has 1 aromatic rings. The third kappa shape index (κ3) is 3.39. The van der Waals surface area contributed by atoms with Crippen molar-refractivity contribution in [1.29, 1.82) is 0 Å². The van der Waals surface area contributed by atoms with E-state index < -0.39 is 34.3 Å². The Bertz CT molecular complexity index is 639. The predicted molar refractivity (Wildman–Crippen MR) is 77.8 cm³/mol. The summed E-state index contributed by atoms with van der Waals surface area (Å²) in [6, 6.07) is 1.12. The van der Waals surface area contributed by atoms with Crippen LogP contribution in [-0.2, 0) is 14.6 Å². The van der Waals surface area contributed by atoms with Gasteiger partial charge in [-0.15, -0.1) is 11.3 Å². The lowest BCUT2D eigenvalue weighted by atomic mass is 10.2. The van der Waals surface area contributed by atoms with E-state index in [4.69, 9.17) is 5.11 Å². The number of rotatable bonds is 4. The molecule has 2 heterocycles. The summed E-state index contributed by atoms with van der Waals surface area (Å²) in [5, 5.41) is 10.6. The Balaban J connectivity index is 2.27. The number of carbonyl (C=O) groups is 2. The lowest BCUT2D eigenvalue weighted by molar-refractivity contribution is -0.138. The van der Waals surface area contributed by atoms with Crippen LogP contribution in [0.25, 0.3) is 0 Å². The second-order valence-corrected chi connectivity index (χ2v) is 8.48. The number of thiophene rings is 1. The molecular weight excluding hydrogens is 370 g/mol. The van der Waals surface area contributed by atoms with E-state index in [9.17, 15) is 18.0 Å². The van der Waals surface area contributed by atoms with Crippen LogP contribution in [0, 0.1) is 0 Å². The molecule has 1 saturated heterocycles. The number of carboxylic acid groups (broad SMARTS) is 1. The van der Waals surface area contributed by atoms with Gasteiger partial charge in [-0.3, -0.25) is 9.59 Å². The number of halogens is 1. The molecule has 0 aromatic carbocycles. The molecule has 1 unspecified atom stereocenters. The number of carboxylic acids is 1. The second-order valence-electron chi connectivity index (χ2n) is 4.48. The predicted octanol–water partition coefficient (Wildman–Crippen LogP) is 1.22. The molecule has 1 N–H and O–H groups in total. The maximum atomic E-state index is 12.4. The van der Waals surface area contributed by atoms with Crippen LogP contribution in [0.4, 0.5) is 0 Å². The van der Waals surface area contributed by atoms with Crippen molar-refractivity contribution in [2.45, 2.75) is 12.5 Å². The van der Waals surface area contributed by atoms with Crippen LogP contribution in [0.5, 0.6) is 0 Å². The number of aliphatic carboxylic acids is 1. The van der Waals surface area contributed by atoms with Gasteiger partial charge in [0.1, 0.15) is 11.4 Å². The molecule has 1 amide bonds. The fourth-order valence-corrected chi connectivity index (χ4v) is 5.34. The van der Waals surface area contributed by atoms with Crippen LogP contribution in [0.3, 0.4) is 0 Å². The number of nitrogens with zero attached hydrogens (tertiary/aromatic N) is 1. The van der Waals surface area contributed by atoms with E-state index >= 15 is 0 Å². The highest BCUT2D eigenvalue weighted by Crippen LogP contribution is 2.27. The zero-order valence-electron chi connectivity index (χ0n) is 10.3. The van der Waals surface area contributed by atoms with Crippen molar-refractivity contribution < 1.29 is 23.1 Å². The maximum absolute atomic E-state index is 12.4. The van der Waals surface area contributed by atoms with Gasteiger partial charge in [0.25, 0.3) is 5.91 Å². The Morgan fingerprint density at radius 3 is 2.65 bits per heavy atom. The van der Waals surface area contributed by atoms with E-state index in [1.807, 2.05) is 0 Å². The molecule has 2 rings (SSSR count). The summed E-state index contributed by atoms with van der Waals surface area (Å²) in [5.74, 6) is -1.78. The van der Waals surface area contributed by atoms with Crippen LogP contribution < -0.4 is 0 Å². The molecule has 0 bridgehead atoms. The van der Waals surface area contributed by atoms with Gasteiger partial charge in [0.15, 0.2) is 9.84 Å². The van der Waals surface area contributed by atoms with Gasteiger partial charge in [-0.1, -0.05) is 0 Å². The Kier molecular flexibility index (Phi) is 4.50. The third-order valence-electron chi connectivity index (χ3n) is 3.03. The Labute approximate surface area is 128 Å². The molecule has 0 aliphatic carbocycles. The van der Waals surface area contributed by atoms with E-state index in [1.165, 1.54) is 11.3 Å². The fourth-order valence-electron chi connectivity index (χ4n) is 2.11. The molecule has 1 fully saturated rings. The summed E-state index contributed by atoms with van der Waals surface area (Å²) in [6.07, 6.45) is 0.282. The first-order valence-electron chi connectivity index (χ1n) is 5.76. The van der Waals surface area contributed by atoms with E-state index in [0.717, 1.165) is 4.90 Å². The largest absolute Gasteiger partial charge is 0.480 e. The summed E-state index contributed by atoms with van der Waals surface area (Å²) in [5.41, 5.74) is 0. The standard InChI is InChI=1S/C11H12BrNO5S2/c12-8-1-3-19-10(8)11(16)13(5-9(14)15)7-2-4-20(17,18)6-7/h1,3,7H,2,4-6H2,(H,14,15). The SMILES string of the molecule is O=C(O)CN(C(=O)c1sccc1Br)C1CCS(=O)(=O)C1. The van der Waals surface area contributed by atoms with Gasteiger partial charge in [0.05, 0.1) is 11.5 Å². The topological polar surface area (TPSA) is 91.8 Å². The molecule has 9 heteroatoms. The van der Waals surface area contributed by atoms with Crippen molar-refractivity contribution in [3.63, 3.8) is 0 Å². The van der Waals surface area contributed by atoms with E-state index in [2.05, 4.69) is 15.9 Å². The maximum Gasteiger partial charge on any atom is 0.323 e. The van der Waals surface area contributed by atoms with Crippen LogP contribution in [0.15, 0.2) is 15.9 Å². The molecule has 1 atom stereocenters. The van der Waals surface area contributed by atoms with E-state index in [1.54, 1.807) is 11.4 Å². The zero-order valence-corrected chi connectivity index (χ0v) is 13.5. The van der Waals surface area contributed by atoms with Gasteiger partial charge in [-0.05, 0) is 33.8 Å². The molecule has 0 radical (unpaired) electrons. The van der Waals surface area contributed by atoms with E-state index in [0.29, 0.717) is 9.35 Å². The van der Waals surface area contributed by atoms with Crippen molar-refractivity contribution in [1.82, 2.24) is 4.90 Å². The van der Waals surface area contributed by atoms with Crippen molar-refractivity contribution in [3.8, 4) is 0 Å². The van der Waals surface area contributed by atoms with Crippen LogP contribution in [0.1, 0.15) is 16.1 Å². The number of amides is 1. The van der Waals surface area contributed by atoms with Gasteiger partial charge in [0.2, 0.25) is 0 Å². The molecule has 110 valence electrons. The molecule has 20 heavy (non-hydrogen) atoms. The highest BCUT2D eigenvalue weighted by Gasteiger charge is 2.36. The Hall–Kier alpha value is -0.930.